The number of ether oxygens (including phenoxy) is 2. The molecule has 3 rings (SSSR count). The molecule has 0 saturated carbocycles. The Morgan fingerprint density at radius 3 is 2.73 bits per heavy atom. The van der Waals surface area contributed by atoms with Crippen molar-refractivity contribution in [2.75, 3.05) is 6.61 Å². The minimum Gasteiger partial charge on any atom is -0.478 e. The molecule has 0 radical (unpaired) electrons. The standard InChI is InChI=1S/C18H18F3NO4/c1-11-14(17(23)24)9-15(22(11)10-12-5-4-8-25-12)13-6-2-3-7-16(13)26-18(19,20)21/h2-3,6-7,9,12H,4-5,8,10H2,1H3,(H,23,24)/t12-/m0/s1. The average molecular weight is 369 g/mol. The first kappa shape index (κ1) is 18.3. The van der Waals surface area contributed by atoms with Gasteiger partial charge in [0.25, 0.3) is 0 Å². The van der Waals surface area contributed by atoms with Gasteiger partial charge in [0, 0.05) is 24.4 Å². The molecule has 140 valence electrons. The Morgan fingerprint density at radius 2 is 2.12 bits per heavy atom. The summed E-state index contributed by atoms with van der Waals surface area (Å²) < 4.78 is 49.6. The van der Waals surface area contributed by atoms with Crippen LogP contribution in [-0.2, 0) is 11.3 Å². The number of carboxylic acids is 1. The van der Waals surface area contributed by atoms with Gasteiger partial charge in [0.05, 0.1) is 17.4 Å². The molecule has 0 aliphatic carbocycles. The Morgan fingerprint density at radius 1 is 1.38 bits per heavy atom. The van der Waals surface area contributed by atoms with E-state index in [4.69, 9.17) is 4.74 Å². The molecule has 0 spiro atoms. The molecule has 0 amide bonds. The normalized spacial score (nSPS) is 17.5. The SMILES string of the molecule is Cc1c(C(=O)O)cc(-c2ccccc2OC(F)(F)F)n1C[C@@H]1CCCO1. The molecule has 8 heteroatoms. The summed E-state index contributed by atoms with van der Waals surface area (Å²) in [5, 5.41) is 9.41. The van der Waals surface area contributed by atoms with Gasteiger partial charge in [-0.2, -0.15) is 0 Å². The maximum atomic E-state index is 12.7. The minimum atomic E-state index is -4.84. The lowest BCUT2D eigenvalue weighted by Gasteiger charge is -2.18. The largest absolute Gasteiger partial charge is 0.573 e. The van der Waals surface area contributed by atoms with Crippen molar-refractivity contribution in [3.63, 3.8) is 0 Å². The predicted octanol–water partition coefficient (Wildman–Crippen LogP) is 4.24. The molecule has 5 nitrogen and oxygen atoms in total. The summed E-state index contributed by atoms with van der Waals surface area (Å²) in [6.07, 6.45) is -3.22. The molecule has 1 atom stereocenters. The summed E-state index contributed by atoms with van der Waals surface area (Å²) in [7, 11) is 0. The van der Waals surface area contributed by atoms with E-state index in [-0.39, 0.29) is 23.0 Å². The number of benzene rings is 1. The van der Waals surface area contributed by atoms with Crippen molar-refractivity contribution in [1.29, 1.82) is 0 Å². The monoisotopic (exact) mass is 369 g/mol. The molecule has 0 unspecified atom stereocenters. The zero-order chi connectivity index (χ0) is 18.9. The fourth-order valence-corrected chi connectivity index (χ4v) is 3.20. The van der Waals surface area contributed by atoms with Crippen LogP contribution in [-0.4, -0.2) is 34.7 Å². The Kier molecular flexibility index (Phi) is 4.95. The maximum absolute atomic E-state index is 12.7. The van der Waals surface area contributed by atoms with Crippen LogP contribution in [0.2, 0.25) is 0 Å². The smallest absolute Gasteiger partial charge is 0.478 e. The molecule has 0 bridgehead atoms. The second kappa shape index (κ2) is 7.03. The lowest BCUT2D eigenvalue weighted by molar-refractivity contribution is -0.274. The first-order valence-electron chi connectivity index (χ1n) is 8.16. The molecular weight excluding hydrogens is 351 g/mol. The summed E-state index contributed by atoms with van der Waals surface area (Å²) >= 11 is 0. The van der Waals surface area contributed by atoms with E-state index in [9.17, 15) is 23.1 Å². The third kappa shape index (κ3) is 3.85. The molecule has 1 aromatic heterocycles. The van der Waals surface area contributed by atoms with E-state index >= 15 is 0 Å². The number of carboxylic acid groups (broad SMARTS) is 1. The van der Waals surface area contributed by atoms with Crippen molar-refractivity contribution in [3.8, 4) is 17.0 Å². The number of rotatable bonds is 5. The third-order valence-corrected chi connectivity index (χ3v) is 4.40. The van der Waals surface area contributed by atoms with Crippen molar-refractivity contribution < 1.29 is 32.5 Å². The van der Waals surface area contributed by atoms with Crippen LogP contribution in [0.1, 0.15) is 28.9 Å². The Labute approximate surface area is 148 Å². The summed E-state index contributed by atoms with van der Waals surface area (Å²) in [4.78, 5) is 11.5. The number of halogens is 3. The molecule has 2 heterocycles. The highest BCUT2D eigenvalue weighted by Crippen LogP contribution is 2.36. The number of hydrogen-bond donors (Lipinski definition) is 1. The molecule has 2 aromatic rings. The molecular formula is C18H18F3NO4. The van der Waals surface area contributed by atoms with Crippen LogP contribution >= 0.6 is 0 Å². The summed E-state index contributed by atoms with van der Waals surface area (Å²) in [6, 6.07) is 7.08. The van der Waals surface area contributed by atoms with Gasteiger partial charge in [0.2, 0.25) is 0 Å². The van der Waals surface area contributed by atoms with Crippen LogP contribution in [0.4, 0.5) is 13.2 Å². The molecule has 1 aliphatic heterocycles. The number of alkyl halides is 3. The fourth-order valence-electron chi connectivity index (χ4n) is 3.20. The number of carbonyl (C=O) groups is 1. The van der Waals surface area contributed by atoms with Gasteiger partial charge in [-0.1, -0.05) is 12.1 Å². The molecule has 1 aliphatic rings. The quantitative estimate of drug-likeness (QED) is 0.856. The Hall–Kier alpha value is -2.48. The summed E-state index contributed by atoms with van der Waals surface area (Å²) in [6.45, 7) is 2.63. The second-order valence-corrected chi connectivity index (χ2v) is 6.12. The number of nitrogens with zero attached hydrogens (tertiary/aromatic N) is 1. The van der Waals surface area contributed by atoms with Gasteiger partial charge in [-0.15, -0.1) is 13.2 Å². The number of para-hydroxylation sites is 1. The van der Waals surface area contributed by atoms with Crippen molar-refractivity contribution in [2.24, 2.45) is 0 Å². The van der Waals surface area contributed by atoms with Gasteiger partial charge < -0.3 is 19.1 Å². The Bertz CT molecular complexity index is 807. The van der Waals surface area contributed by atoms with Crippen LogP contribution in [0.25, 0.3) is 11.3 Å². The van der Waals surface area contributed by atoms with E-state index in [2.05, 4.69) is 4.74 Å². The van der Waals surface area contributed by atoms with Gasteiger partial charge in [-0.3, -0.25) is 0 Å². The second-order valence-electron chi connectivity index (χ2n) is 6.12. The van der Waals surface area contributed by atoms with E-state index in [1.807, 2.05) is 0 Å². The van der Waals surface area contributed by atoms with Crippen LogP contribution in [0.5, 0.6) is 5.75 Å². The Balaban J connectivity index is 2.09. The molecule has 26 heavy (non-hydrogen) atoms. The highest BCUT2D eigenvalue weighted by atomic mass is 19.4. The highest BCUT2D eigenvalue weighted by molar-refractivity contribution is 5.91. The van der Waals surface area contributed by atoms with E-state index in [1.165, 1.54) is 24.3 Å². The van der Waals surface area contributed by atoms with Crippen LogP contribution in [0.3, 0.4) is 0 Å². The zero-order valence-corrected chi connectivity index (χ0v) is 14.0. The first-order valence-corrected chi connectivity index (χ1v) is 8.16. The van der Waals surface area contributed by atoms with Crippen molar-refractivity contribution in [2.45, 2.75) is 38.8 Å². The number of aromatic nitrogens is 1. The fraction of sp³-hybridized carbons (Fsp3) is 0.389. The maximum Gasteiger partial charge on any atom is 0.573 e. The van der Waals surface area contributed by atoms with Gasteiger partial charge in [0.1, 0.15) is 5.75 Å². The zero-order valence-electron chi connectivity index (χ0n) is 14.0. The molecule has 1 fully saturated rings. The van der Waals surface area contributed by atoms with E-state index in [1.54, 1.807) is 17.6 Å². The van der Waals surface area contributed by atoms with Gasteiger partial charge in [-0.25, -0.2) is 4.79 Å². The van der Waals surface area contributed by atoms with E-state index in [0.29, 0.717) is 24.5 Å². The van der Waals surface area contributed by atoms with Crippen molar-refractivity contribution in [1.82, 2.24) is 4.57 Å². The lowest BCUT2D eigenvalue weighted by atomic mass is 10.1. The number of hydrogen-bond acceptors (Lipinski definition) is 3. The van der Waals surface area contributed by atoms with Gasteiger partial charge in [0.15, 0.2) is 0 Å². The minimum absolute atomic E-state index is 0.0415. The predicted molar refractivity (Wildman–Crippen MR) is 87.2 cm³/mol. The van der Waals surface area contributed by atoms with Crippen molar-refractivity contribution >= 4 is 5.97 Å². The molecule has 1 N–H and O–H groups in total. The van der Waals surface area contributed by atoms with Crippen LogP contribution in [0.15, 0.2) is 30.3 Å². The first-order chi connectivity index (χ1) is 12.3. The van der Waals surface area contributed by atoms with Crippen LogP contribution < -0.4 is 4.74 Å². The molecule has 1 saturated heterocycles. The van der Waals surface area contributed by atoms with Gasteiger partial charge >= 0.3 is 12.3 Å². The average Bonchev–Trinajstić information content (AvgIpc) is 3.16. The third-order valence-electron chi connectivity index (χ3n) is 4.40. The van der Waals surface area contributed by atoms with Gasteiger partial charge in [-0.05, 0) is 38.0 Å². The topological polar surface area (TPSA) is 60.7 Å². The highest BCUT2D eigenvalue weighted by Gasteiger charge is 2.33. The number of aromatic carboxylic acids is 1. The molecule has 1 aromatic carbocycles. The summed E-state index contributed by atoms with van der Waals surface area (Å²) in [5.41, 5.74) is 1.04. The van der Waals surface area contributed by atoms with E-state index < -0.39 is 12.3 Å². The summed E-state index contributed by atoms with van der Waals surface area (Å²) in [5.74, 6) is -1.51. The van der Waals surface area contributed by atoms with Crippen molar-refractivity contribution in [3.05, 3.63) is 41.6 Å². The van der Waals surface area contributed by atoms with E-state index in [0.717, 1.165) is 12.8 Å². The lowest BCUT2D eigenvalue weighted by Crippen LogP contribution is -2.19. The van der Waals surface area contributed by atoms with Crippen LogP contribution in [0, 0.1) is 6.92 Å².